The molecule has 4 rings (SSSR count). The van der Waals surface area contributed by atoms with Crippen LogP contribution < -0.4 is 4.90 Å². The van der Waals surface area contributed by atoms with E-state index < -0.39 is 0 Å². The van der Waals surface area contributed by atoms with Gasteiger partial charge in [0.2, 0.25) is 0 Å². The molecule has 3 heteroatoms. The van der Waals surface area contributed by atoms with E-state index in [2.05, 4.69) is 81.5 Å². The molecule has 1 aliphatic heterocycles. The van der Waals surface area contributed by atoms with Gasteiger partial charge in [-0.05, 0) is 54.7 Å². The topological polar surface area (TPSA) is 16.1 Å². The SMILES string of the molecule is Brc1ccc2nc(N3CCC(c4ccccc4)CC3)ccc2c1. The number of pyridine rings is 1. The molecule has 0 saturated carbocycles. The molecule has 0 spiro atoms. The molecule has 2 heterocycles. The first-order valence-corrected chi connectivity index (χ1v) is 8.95. The van der Waals surface area contributed by atoms with Crippen molar-refractivity contribution in [2.75, 3.05) is 18.0 Å². The van der Waals surface area contributed by atoms with Gasteiger partial charge in [-0.3, -0.25) is 0 Å². The van der Waals surface area contributed by atoms with Crippen LogP contribution in [-0.2, 0) is 0 Å². The number of piperidine rings is 1. The first-order valence-electron chi connectivity index (χ1n) is 8.16. The van der Waals surface area contributed by atoms with Crippen LogP contribution in [0.25, 0.3) is 10.9 Å². The van der Waals surface area contributed by atoms with E-state index in [1.165, 1.54) is 23.8 Å². The summed E-state index contributed by atoms with van der Waals surface area (Å²) in [6.45, 7) is 2.16. The van der Waals surface area contributed by atoms with Gasteiger partial charge in [-0.2, -0.15) is 0 Å². The zero-order valence-corrected chi connectivity index (χ0v) is 14.5. The van der Waals surface area contributed by atoms with Crippen LogP contribution in [0.3, 0.4) is 0 Å². The number of benzene rings is 2. The van der Waals surface area contributed by atoms with Crippen molar-refractivity contribution in [3.8, 4) is 0 Å². The minimum Gasteiger partial charge on any atom is -0.357 e. The fourth-order valence-electron chi connectivity index (χ4n) is 3.43. The van der Waals surface area contributed by atoms with E-state index in [0.717, 1.165) is 28.9 Å². The molecule has 0 aliphatic carbocycles. The molecule has 0 unspecified atom stereocenters. The minimum absolute atomic E-state index is 0.684. The number of nitrogens with zero attached hydrogens (tertiary/aromatic N) is 2. The Labute approximate surface area is 145 Å². The van der Waals surface area contributed by atoms with Gasteiger partial charge in [0.1, 0.15) is 5.82 Å². The summed E-state index contributed by atoms with van der Waals surface area (Å²) in [6.07, 6.45) is 2.40. The molecular weight excluding hydrogens is 348 g/mol. The molecule has 0 radical (unpaired) electrons. The van der Waals surface area contributed by atoms with E-state index in [9.17, 15) is 0 Å². The molecule has 0 amide bonds. The maximum Gasteiger partial charge on any atom is 0.129 e. The standard InChI is InChI=1S/C20H19BrN2/c21-18-7-8-19-17(14-18)6-9-20(22-19)23-12-10-16(11-13-23)15-4-2-1-3-5-15/h1-9,14,16H,10-13H2. The Morgan fingerprint density at radius 3 is 2.48 bits per heavy atom. The Balaban J connectivity index is 1.51. The molecule has 1 aliphatic rings. The first kappa shape index (κ1) is 14.7. The molecule has 2 nitrogen and oxygen atoms in total. The summed E-state index contributed by atoms with van der Waals surface area (Å²) in [5, 5.41) is 1.18. The molecule has 1 aromatic heterocycles. The van der Waals surface area contributed by atoms with Crippen molar-refractivity contribution in [2.45, 2.75) is 18.8 Å². The van der Waals surface area contributed by atoms with E-state index in [4.69, 9.17) is 4.98 Å². The lowest BCUT2D eigenvalue weighted by molar-refractivity contribution is 0.503. The van der Waals surface area contributed by atoms with Crippen molar-refractivity contribution in [1.29, 1.82) is 0 Å². The Bertz CT molecular complexity index is 808. The molecule has 0 atom stereocenters. The van der Waals surface area contributed by atoms with E-state index >= 15 is 0 Å². The molecule has 1 saturated heterocycles. The number of hydrogen-bond donors (Lipinski definition) is 0. The Morgan fingerprint density at radius 1 is 0.913 bits per heavy atom. The summed E-state index contributed by atoms with van der Waals surface area (Å²) in [5.74, 6) is 1.79. The van der Waals surface area contributed by atoms with Gasteiger partial charge in [0, 0.05) is 22.9 Å². The van der Waals surface area contributed by atoms with E-state index in [-0.39, 0.29) is 0 Å². The third kappa shape index (κ3) is 3.11. The quantitative estimate of drug-likeness (QED) is 0.604. The van der Waals surface area contributed by atoms with Crippen molar-refractivity contribution in [1.82, 2.24) is 4.98 Å². The minimum atomic E-state index is 0.684. The maximum atomic E-state index is 4.84. The average Bonchev–Trinajstić information content (AvgIpc) is 2.62. The number of fused-ring (bicyclic) bond motifs is 1. The zero-order chi connectivity index (χ0) is 15.6. The molecule has 3 aromatic rings. The lowest BCUT2D eigenvalue weighted by Crippen LogP contribution is -2.33. The van der Waals surface area contributed by atoms with Crippen molar-refractivity contribution >= 4 is 32.7 Å². The van der Waals surface area contributed by atoms with Crippen LogP contribution in [0.2, 0.25) is 0 Å². The van der Waals surface area contributed by atoms with Crippen molar-refractivity contribution in [2.24, 2.45) is 0 Å². The lowest BCUT2D eigenvalue weighted by Gasteiger charge is -2.33. The van der Waals surface area contributed by atoms with Crippen LogP contribution >= 0.6 is 15.9 Å². The highest BCUT2D eigenvalue weighted by molar-refractivity contribution is 9.10. The van der Waals surface area contributed by atoms with Gasteiger partial charge in [-0.15, -0.1) is 0 Å². The van der Waals surface area contributed by atoms with E-state index in [1.54, 1.807) is 0 Å². The number of rotatable bonds is 2. The summed E-state index contributed by atoms with van der Waals surface area (Å²) in [7, 11) is 0. The second kappa shape index (κ2) is 6.32. The van der Waals surface area contributed by atoms with Gasteiger partial charge >= 0.3 is 0 Å². The normalized spacial score (nSPS) is 16.0. The number of aromatic nitrogens is 1. The molecular formula is C20H19BrN2. The Hall–Kier alpha value is -1.87. The van der Waals surface area contributed by atoms with E-state index in [1.807, 2.05) is 0 Å². The highest BCUT2D eigenvalue weighted by atomic mass is 79.9. The first-order chi connectivity index (χ1) is 11.3. The summed E-state index contributed by atoms with van der Waals surface area (Å²) in [6, 6.07) is 21.5. The smallest absolute Gasteiger partial charge is 0.129 e. The number of hydrogen-bond acceptors (Lipinski definition) is 2. The van der Waals surface area contributed by atoms with Crippen LogP contribution in [-0.4, -0.2) is 18.1 Å². The second-order valence-electron chi connectivity index (χ2n) is 6.18. The van der Waals surface area contributed by atoms with Crippen molar-refractivity contribution < 1.29 is 0 Å². The molecule has 1 fully saturated rings. The van der Waals surface area contributed by atoms with Crippen LogP contribution in [0.1, 0.15) is 24.3 Å². The zero-order valence-electron chi connectivity index (χ0n) is 13.0. The summed E-state index contributed by atoms with van der Waals surface area (Å²) >= 11 is 3.52. The van der Waals surface area contributed by atoms with Crippen LogP contribution in [0, 0.1) is 0 Å². The third-order valence-corrected chi connectivity index (χ3v) is 5.22. The second-order valence-corrected chi connectivity index (χ2v) is 7.09. The van der Waals surface area contributed by atoms with Gasteiger partial charge in [0.25, 0.3) is 0 Å². The molecule has 2 aromatic carbocycles. The van der Waals surface area contributed by atoms with Gasteiger partial charge in [-0.1, -0.05) is 46.3 Å². The molecule has 116 valence electrons. The Morgan fingerprint density at radius 2 is 1.70 bits per heavy atom. The van der Waals surface area contributed by atoms with Gasteiger partial charge < -0.3 is 4.90 Å². The summed E-state index contributed by atoms with van der Waals surface area (Å²) in [4.78, 5) is 7.26. The summed E-state index contributed by atoms with van der Waals surface area (Å²) in [5.41, 5.74) is 2.54. The van der Waals surface area contributed by atoms with Gasteiger partial charge in [-0.25, -0.2) is 4.98 Å². The Kier molecular flexibility index (Phi) is 4.04. The lowest BCUT2D eigenvalue weighted by atomic mass is 9.89. The van der Waals surface area contributed by atoms with E-state index in [0.29, 0.717) is 5.92 Å². The molecule has 0 bridgehead atoms. The highest BCUT2D eigenvalue weighted by Crippen LogP contribution is 2.30. The molecule has 0 N–H and O–H groups in total. The number of anilines is 1. The predicted octanol–water partition coefficient (Wildman–Crippen LogP) is 5.38. The number of halogens is 1. The fourth-order valence-corrected chi connectivity index (χ4v) is 3.81. The van der Waals surface area contributed by atoms with Crippen LogP contribution in [0.15, 0.2) is 65.1 Å². The monoisotopic (exact) mass is 366 g/mol. The van der Waals surface area contributed by atoms with Crippen LogP contribution in [0.4, 0.5) is 5.82 Å². The molecule has 23 heavy (non-hydrogen) atoms. The van der Waals surface area contributed by atoms with Gasteiger partial charge in [0.15, 0.2) is 0 Å². The average molecular weight is 367 g/mol. The largest absolute Gasteiger partial charge is 0.357 e. The van der Waals surface area contributed by atoms with Crippen molar-refractivity contribution in [3.05, 3.63) is 70.7 Å². The van der Waals surface area contributed by atoms with Gasteiger partial charge in [0.05, 0.1) is 5.52 Å². The summed E-state index contributed by atoms with van der Waals surface area (Å²) < 4.78 is 1.10. The fraction of sp³-hybridized carbons (Fsp3) is 0.250. The maximum absolute atomic E-state index is 4.84. The van der Waals surface area contributed by atoms with Crippen molar-refractivity contribution in [3.63, 3.8) is 0 Å². The predicted molar refractivity (Wildman–Crippen MR) is 100 cm³/mol. The third-order valence-electron chi connectivity index (χ3n) is 4.73. The van der Waals surface area contributed by atoms with Crippen LogP contribution in [0.5, 0.6) is 0 Å². The highest BCUT2D eigenvalue weighted by Gasteiger charge is 2.21.